The van der Waals surface area contributed by atoms with E-state index < -0.39 is 0 Å². The van der Waals surface area contributed by atoms with Crippen LogP contribution in [0.4, 0.5) is 5.69 Å². The number of aryl methyl sites for hydroxylation is 1. The molecule has 4 heteroatoms. The maximum atomic E-state index is 6.22. The summed E-state index contributed by atoms with van der Waals surface area (Å²) < 4.78 is 5.24. The van der Waals surface area contributed by atoms with Crippen molar-refractivity contribution in [2.45, 2.75) is 12.8 Å². The van der Waals surface area contributed by atoms with E-state index in [4.69, 9.17) is 16.3 Å². The van der Waals surface area contributed by atoms with Crippen LogP contribution in [-0.4, -0.2) is 18.6 Å². The summed E-state index contributed by atoms with van der Waals surface area (Å²) >= 11 is 6.22. The first kappa shape index (κ1) is 9.85. The van der Waals surface area contributed by atoms with E-state index in [1.165, 1.54) is 11.4 Å². The first-order chi connectivity index (χ1) is 7.79. The summed E-state index contributed by atoms with van der Waals surface area (Å²) in [6, 6.07) is 3.86. The van der Waals surface area contributed by atoms with Gasteiger partial charge in [0.05, 0.1) is 23.3 Å². The molecule has 0 fully saturated rings. The molecule has 3 nitrogen and oxygen atoms in total. The van der Waals surface area contributed by atoms with Gasteiger partial charge in [-0.2, -0.15) is 0 Å². The largest absolute Gasteiger partial charge is 0.497 e. The molecule has 0 saturated carbocycles. The Labute approximate surface area is 98.7 Å². The van der Waals surface area contributed by atoms with Crippen LogP contribution in [0.25, 0.3) is 10.9 Å². The van der Waals surface area contributed by atoms with Gasteiger partial charge in [0.1, 0.15) is 5.75 Å². The number of ether oxygens (including phenoxy) is 1. The molecule has 2 aromatic rings. The maximum absolute atomic E-state index is 6.22. The molecule has 2 N–H and O–H groups in total. The molecule has 1 aliphatic heterocycles. The molecule has 0 aliphatic carbocycles. The number of H-pyrrole nitrogens is 1. The molecule has 0 spiro atoms. The Hall–Kier alpha value is -1.35. The SMILES string of the molecule is COc1cc(Cl)c2[nH]c3c(c2c1)NCCC3. The van der Waals surface area contributed by atoms with E-state index in [0.29, 0.717) is 5.02 Å². The molecule has 0 atom stereocenters. The molecule has 16 heavy (non-hydrogen) atoms. The van der Waals surface area contributed by atoms with Gasteiger partial charge in [0.25, 0.3) is 0 Å². The van der Waals surface area contributed by atoms with Gasteiger partial charge in [-0.1, -0.05) is 11.6 Å². The number of benzene rings is 1. The minimum absolute atomic E-state index is 0.713. The number of hydrogen-bond acceptors (Lipinski definition) is 2. The van der Waals surface area contributed by atoms with Crippen LogP contribution < -0.4 is 10.1 Å². The molecular weight excluding hydrogens is 224 g/mol. The molecule has 1 aromatic heterocycles. The molecule has 0 radical (unpaired) electrons. The molecule has 0 unspecified atom stereocenters. The third kappa shape index (κ3) is 1.35. The number of anilines is 1. The molecule has 84 valence electrons. The number of aromatic amines is 1. The van der Waals surface area contributed by atoms with Crippen molar-refractivity contribution in [3.05, 3.63) is 22.8 Å². The van der Waals surface area contributed by atoms with Crippen molar-refractivity contribution in [2.75, 3.05) is 19.0 Å². The number of hydrogen-bond donors (Lipinski definition) is 2. The quantitative estimate of drug-likeness (QED) is 0.798. The zero-order chi connectivity index (χ0) is 11.1. The summed E-state index contributed by atoms with van der Waals surface area (Å²) in [6.07, 6.45) is 2.24. The predicted molar refractivity (Wildman–Crippen MR) is 66.7 cm³/mol. The highest BCUT2D eigenvalue weighted by Gasteiger charge is 2.17. The third-order valence-corrected chi connectivity index (χ3v) is 3.35. The molecule has 3 rings (SSSR count). The van der Waals surface area contributed by atoms with E-state index >= 15 is 0 Å². The molecule has 0 saturated heterocycles. The summed E-state index contributed by atoms with van der Waals surface area (Å²) in [5.74, 6) is 0.798. The molecule has 0 amide bonds. The van der Waals surface area contributed by atoms with E-state index in [9.17, 15) is 0 Å². The maximum Gasteiger partial charge on any atom is 0.121 e. The molecule has 2 heterocycles. The Kier molecular flexibility index (Phi) is 2.21. The van der Waals surface area contributed by atoms with Crippen molar-refractivity contribution < 1.29 is 4.74 Å². The van der Waals surface area contributed by atoms with E-state index in [-0.39, 0.29) is 0 Å². The minimum Gasteiger partial charge on any atom is -0.497 e. The first-order valence-corrected chi connectivity index (χ1v) is 5.79. The van der Waals surface area contributed by atoms with Gasteiger partial charge in [0.15, 0.2) is 0 Å². The second-order valence-corrected chi connectivity index (χ2v) is 4.45. The van der Waals surface area contributed by atoms with Crippen molar-refractivity contribution in [1.82, 2.24) is 4.98 Å². The lowest BCUT2D eigenvalue weighted by atomic mass is 10.1. The number of halogens is 1. The summed E-state index contributed by atoms with van der Waals surface area (Å²) in [4.78, 5) is 3.39. The summed E-state index contributed by atoms with van der Waals surface area (Å²) in [6.45, 7) is 1.02. The van der Waals surface area contributed by atoms with Gasteiger partial charge in [-0.15, -0.1) is 0 Å². The first-order valence-electron chi connectivity index (χ1n) is 5.41. The predicted octanol–water partition coefficient (Wildman–Crippen LogP) is 3.19. The lowest BCUT2D eigenvalue weighted by Gasteiger charge is -2.13. The monoisotopic (exact) mass is 236 g/mol. The Balaban J connectivity index is 2.30. The number of methoxy groups -OCH3 is 1. The summed E-state index contributed by atoms with van der Waals surface area (Å²) in [5.41, 5.74) is 3.43. The Bertz CT molecular complexity index is 547. The lowest BCUT2D eigenvalue weighted by molar-refractivity contribution is 0.415. The van der Waals surface area contributed by atoms with Gasteiger partial charge >= 0.3 is 0 Å². The van der Waals surface area contributed by atoms with Crippen LogP contribution >= 0.6 is 11.6 Å². The van der Waals surface area contributed by atoms with Gasteiger partial charge in [0.2, 0.25) is 0 Å². The highest BCUT2D eigenvalue weighted by molar-refractivity contribution is 6.35. The van der Waals surface area contributed by atoms with Crippen molar-refractivity contribution in [1.29, 1.82) is 0 Å². The van der Waals surface area contributed by atoms with Crippen LogP contribution in [-0.2, 0) is 6.42 Å². The van der Waals surface area contributed by atoms with Crippen molar-refractivity contribution >= 4 is 28.2 Å². The second kappa shape index (κ2) is 3.59. The Morgan fingerprint density at radius 3 is 3.06 bits per heavy atom. The highest BCUT2D eigenvalue weighted by Crippen LogP contribution is 2.37. The van der Waals surface area contributed by atoms with Crippen LogP contribution in [0, 0.1) is 0 Å². The minimum atomic E-state index is 0.713. The third-order valence-electron chi connectivity index (χ3n) is 3.05. The number of fused-ring (bicyclic) bond motifs is 3. The van der Waals surface area contributed by atoms with E-state index in [2.05, 4.69) is 10.3 Å². The summed E-state index contributed by atoms with van der Waals surface area (Å²) in [7, 11) is 1.66. The topological polar surface area (TPSA) is 37.0 Å². The average molecular weight is 237 g/mol. The molecule has 1 aromatic carbocycles. The zero-order valence-corrected chi connectivity index (χ0v) is 9.82. The Morgan fingerprint density at radius 2 is 2.25 bits per heavy atom. The van der Waals surface area contributed by atoms with Crippen LogP contribution in [0.1, 0.15) is 12.1 Å². The van der Waals surface area contributed by atoms with E-state index in [1.54, 1.807) is 7.11 Å². The fourth-order valence-electron chi connectivity index (χ4n) is 2.27. The number of nitrogens with one attached hydrogen (secondary N) is 2. The highest BCUT2D eigenvalue weighted by atomic mass is 35.5. The van der Waals surface area contributed by atoms with Gasteiger partial charge in [-0.3, -0.25) is 0 Å². The molecule has 1 aliphatic rings. The van der Waals surface area contributed by atoms with Crippen molar-refractivity contribution in [3.8, 4) is 5.75 Å². The smallest absolute Gasteiger partial charge is 0.121 e. The fraction of sp³-hybridized carbons (Fsp3) is 0.333. The summed E-state index contributed by atoms with van der Waals surface area (Å²) in [5, 5.41) is 5.26. The lowest BCUT2D eigenvalue weighted by Crippen LogP contribution is -2.10. The standard InChI is InChI=1S/C12H13ClN2O/c1-16-7-5-8-11(9(13)6-7)15-10-3-2-4-14-12(8)10/h5-6,14-15H,2-4H2,1H3. The number of aromatic nitrogens is 1. The zero-order valence-electron chi connectivity index (χ0n) is 9.06. The van der Waals surface area contributed by atoms with E-state index in [0.717, 1.165) is 36.0 Å². The van der Waals surface area contributed by atoms with Crippen LogP contribution in [0.3, 0.4) is 0 Å². The van der Waals surface area contributed by atoms with Gasteiger partial charge in [-0.25, -0.2) is 0 Å². The van der Waals surface area contributed by atoms with E-state index in [1.807, 2.05) is 12.1 Å². The molecular formula is C12H13ClN2O. The Morgan fingerprint density at radius 1 is 1.38 bits per heavy atom. The molecule has 0 bridgehead atoms. The van der Waals surface area contributed by atoms with Gasteiger partial charge in [0, 0.05) is 23.7 Å². The van der Waals surface area contributed by atoms with Crippen LogP contribution in [0.15, 0.2) is 12.1 Å². The average Bonchev–Trinajstić information content (AvgIpc) is 2.68. The van der Waals surface area contributed by atoms with Crippen molar-refractivity contribution in [3.63, 3.8) is 0 Å². The van der Waals surface area contributed by atoms with Crippen molar-refractivity contribution in [2.24, 2.45) is 0 Å². The van der Waals surface area contributed by atoms with Gasteiger partial charge in [-0.05, 0) is 18.9 Å². The van der Waals surface area contributed by atoms with Crippen LogP contribution in [0.2, 0.25) is 5.02 Å². The normalized spacial score (nSPS) is 14.6. The van der Waals surface area contributed by atoms with Gasteiger partial charge < -0.3 is 15.0 Å². The number of rotatable bonds is 1. The fourth-order valence-corrected chi connectivity index (χ4v) is 2.52. The second-order valence-electron chi connectivity index (χ2n) is 4.04. The van der Waals surface area contributed by atoms with Crippen LogP contribution in [0.5, 0.6) is 5.75 Å².